The summed E-state index contributed by atoms with van der Waals surface area (Å²) in [5, 5.41) is 3.52. The van der Waals surface area contributed by atoms with Crippen LogP contribution >= 0.6 is 0 Å². The van der Waals surface area contributed by atoms with Crippen molar-refractivity contribution in [3.05, 3.63) is 235 Å². The summed E-state index contributed by atoms with van der Waals surface area (Å²) in [6.07, 6.45) is 5.67. The maximum Gasteiger partial charge on any atom is 0.268 e. The molecule has 0 spiro atoms. The number of aromatic nitrogens is 4. The molecule has 1 aliphatic rings. The van der Waals surface area contributed by atoms with E-state index in [9.17, 15) is 0 Å². The van der Waals surface area contributed by atoms with Crippen LogP contribution in [-0.4, -0.2) is 14.1 Å². The molecule has 0 atom stereocenters. The predicted octanol–water partition coefficient (Wildman–Crippen LogP) is 16.2. The van der Waals surface area contributed by atoms with Crippen LogP contribution in [0.1, 0.15) is 37.5 Å². The van der Waals surface area contributed by atoms with E-state index in [0.717, 1.165) is 78.2 Å². The molecule has 12 aromatic rings. The quantitative estimate of drug-likeness (QED) is 0.118. The van der Waals surface area contributed by atoms with Crippen molar-refractivity contribution in [2.24, 2.45) is 0 Å². The molecular formula is C66H48N4OPt-2. The van der Waals surface area contributed by atoms with Crippen molar-refractivity contribution in [3.63, 3.8) is 0 Å². The average molecular weight is 1110 g/mol. The van der Waals surface area contributed by atoms with Crippen molar-refractivity contribution in [2.45, 2.75) is 40.0 Å². The number of ether oxygens (including phenoxy) is 1. The Morgan fingerprint density at radius 2 is 1.19 bits per heavy atom. The zero-order valence-corrected chi connectivity index (χ0v) is 42.8. The Morgan fingerprint density at radius 3 is 1.92 bits per heavy atom. The number of para-hydroxylation sites is 2. The number of fused-ring (bicyclic) bond motifs is 8. The molecule has 0 amide bonds. The van der Waals surface area contributed by atoms with Crippen LogP contribution in [0.4, 0.5) is 0 Å². The van der Waals surface area contributed by atoms with Crippen LogP contribution in [0.5, 0.6) is 11.5 Å². The Labute approximate surface area is 434 Å². The minimum atomic E-state index is -0.0895. The molecule has 0 saturated carbocycles. The van der Waals surface area contributed by atoms with Gasteiger partial charge in [-0.3, -0.25) is 4.57 Å². The molecule has 350 valence electrons. The van der Waals surface area contributed by atoms with E-state index in [1.54, 1.807) is 0 Å². The third-order valence-electron chi connectivity index (χ3n) is 14.1. The molecule has 0 saturated heterocycles. The van der Waals surface area contributed by atoms with Crippen molar-refractivity contribution < 1.29 is 30.4 Å². The van der Waals surface area contributed by atoms with Gasteiger partial charge in [0.1, 0.15) is 5.82 Å². The van der Waals surface area contributed by atoms with Crippen LogP contribution in [0.2, 0.25) is 0 Å². The Morgan fingerprint density at radius 1 is 0.556 bits per heavy atom. The maximum absolute atomic E-state index is 6.83. The van der Waals surface area contributed by atoms with Gasteiger partial charge in [0.05, 0.1) is 16.7 Å². The van der Waals surface area contributed by atoms with Gasteiger partial charge in [0.2, 0.25) is 0 Å². The molecule has 5 nitrogen and oxygen atoms in total. The minimum Gasteiger partial charge on any atom is -0.510 e. The number of benzene rings is 9. The van der Waals surface area contributed by atoms with Gasteiger partial charge in [0.25, 0.3) is 6.33 Å². The third-order valence-corrected chi connectivity index (χ3v) is 14.1. The summed E-state index contributed by atoms with van der Waals surface area (Å²) in [6.45, 7) is 11.0. The second-order valence-corrected chi connectivity index (χ2v) is 19.8. The molecule has 0 fully saturated rings. The molecule has 0 unspecified atom stereocenters. The van der Waals surface area contributed by atoms with E-state index < -0.39 is 0 Å². The van der Waals surface area contributed by atoms with Crippen LogP contribution in [0.25, 0.3) is 106 Å². The number of aryl methyl sites for hydroxylation is 2. The number of hydrogen-bond acceptors (Lipinski definition) is 2. The van der Waals surface area contributed by atoms with E-state index >= 15 is 0 Å². The number of hydrogen-bond donors (Lipinski definition) is 0. The molecule has 6 heteroatoms. The summed E-state index contributed by atoms with van der Waals surface area (Å²) < 4.78 is 13.4. The summed E-state index contributed by atoms with van der Waals surface area (Å²) in [5.74, 6) is 1.97. The smallest absolute Gasteiger partial charge is 0.268 e. The summed E-state index contributed by atoms with van der Waals surface area (Å²) in [4.78, 5) is 5.10. The van der Waals surface area contributed by atoms with Crippen LogP contribution in [0.15, 0.2) is 200 Å². The third kappa shape index (κ3) is 7.68. The first-order valence-corrected chi connectivity index (χ1v) is 24.3. The molecule has 1 aliphatic carbocycles. The van der Waals surface area contributed by atoms with Crippen LogP contribution in [0, 0.1) is 32.3 Å². The van der Waals surface area contributed by atoms with Crippen molar-refractivity contribution in [3.8, 4) is 84.5 Å². The van der Waals surface area contributed by atoms with Crippen LogP contribution < -0.4 is 9.30 Å². The fourth-order valence-electron chi connectivity index (χ4n) is 10.5. The molecule has 0 bridgehead atoms. The minimum absolute atomic E-state index is 0. The number of rotatable bonds is 7. The van der Waals surface area contributed by atoms with Gasteiger partial charge in [-0.2, -0.15) is 18.2 Å². The van der Waals surface area contributed by atoms with E-state index in [1.807, 2.05) is 24.4 Å². The fourth-order valence-corrected chi connectivity index (χ4v) is 10.5. The van der Waals surface area contributed by atoms with Gasteiger partial charge >= 0.3 is 0 Å². The number of pyridine rings is 1. The second kappa shape index (κ2) is 17.6. The molecule has 72 heavy (non-hydrogen) atoms. The van der Waals surface area contributed by atoms with E-state index in [1.165, 1.54) is 44.2 Å². The van der Waals surface area contributed by atoms with Gasteiger partial charge in [-0.1, -0.05) is 171 Å². The Balaban J connectivity index is 0.00000530. The maximum atomic E-state index is 6.83. The molecule has 0 N–H and O–H groups in total. The largest absolute Gasteiger partial charge is 0.510 e. The normalized spacial score (nSPS) is 11.8. The molecule has 9 aromatic carbocycles. The van der Waals surface area contributed by atoms with Crippen LogP contribution in [-0.2, 0) is 26.5 Å². The first-order valence-electron chi connectivity index (χ1n) is 24.3. The Kier molecular flexibility index (Phi) is 11.0. The predicted molar refractivity (Wildman–Crippen MR) is 289 cm³/mol. The van der Waals surface area contributed by atoms with Gasteiger partial charge < -0.3 is 13.9 Å². The summed E-state index contributed by atoms with van der Waals surface area (Å²) in [7, 11) is 0. The van der Waals surface area contributed by atoms with Gasteiger partial charge in [-0.25, -0.2) is 4.98 Å². The van der Waals surface area contributed by atoms with Gasteiger partial charge in [0.15, 0.2) is 0 Å². The van der Waals surface area contributed by atoms with Gasteiger partial charge in [0, 0.05) is 50.0 Å². The van der Waals surface area contributed by atoms with Crippen LogP contribution in [0.3, 0.4) is 0 Å². The molecule has 13 rings (SSSR count). The molecule has 0 aliphatic heterocycles. The van der Waals surface area contributed by atoms with Crippen molar-refractivity contribution >= 4 is 32.7 Å². The summed E-state index contributed by atoms with van der Waals surface area (Å²) >= 11 is 0. The first kappa shape index (κ1) is 45.1. The average Bonchev–Trinajstić information content (AvgIpc) is 3.91. The molecule has 3 aromatic heterocycles. The van der Waals surface area contributed by atoms with Crippen molar-refractivity contribution in [2.75, 3.05) is 0 Å². The van der Waals surface area contributed by atoms with E-state index in [-0.39, 0.29) is 26.5 Å². The zero-order chi connectivity index (χ0) is 48.0. The van der Waals surface area contributed by atoms with Crippen molar-refractivity contribution in [1.82, 2.24) is 14.1 Å². The first-order chi connectivity index (χ1) is 34.6. The fraction of sp³-hybridized carbons (Fsp3) is 0.0909. The van der Waals surface area contributed by atoms with Crippen molar-refractivity contribution in [1.29, 1.82) is 0 Å². The van der Waals surface area contributed by atoms with E-state index in [0.29, 0.717) is 11.5 Å². The van der Waals surface area contributed by atoms with E-state index in [2.05, 4.69) is 243 Å². The summed E-state index contributed by atoms with van der Waals surface area (Å²) in [6, 6.07) is 76.8. The molecule has 3 heterocycles. The number of imidazole rings is 1. The SMILES string of the molecule is Cc1ccc(-c2cc(-c3ccc(C)cc3)cc(-[n+]3[c-]n(-c4[c-]c(Oc5[c-]c6c(cc5)c5c(n6-c6cc(C(C)(C)C)ccn6)-c6ccccc6-c6cccc7cccc-5c67)ccc4)c4ccccc43)c2)cc1.[Pt]. The summed E-state index contributed by atoms with van der Waals surface area (Å²) in [5.41, 5.74) is 19.8. The van der Waals surface area contributed by atoms with Gasteiger partial charge in [-0.15, -0.1) is 29.7 Å². The van der Waals surface area contributed by atoms with Gasteiger partial charge in [-0.05, 0) is 116 Å². The molecular weight excluding hydrogens is 1060 g/mol. The second-order valence-electron chi connectivity index (χ2n) is 19.8. The Bertz CT molecular complexity index is 4010. The zero-order valence-electron chi connectivity index (χ0n) is 40.6. The number of nitrogens with zero attached hydrogens (tertiary/aromatic N) is 4. The monoisotopic (exact) mass is 1110 g/mol. The Hall–Kier alpha value is -8.11. The standard InChI is InChI=1S/C66H48N4O.Pt/c1-42-23-27-44(28-24-42)47-35-48(45-29-25-43(2)26-30-45)37-51(36-47)69-41-68(59-21-8-9-22-60(59)69)50-15-12-16-52(39-50)71-53-31-32-57-61(40-53)70(62-38-49(33-34-67-62)66(3,4)5)65-56-18-7-6-17-54(56)55-19-10-13-46-14-11-20-58(63(46)55)64(57)65;/h6-38H,1-5H3;/q-2;. The topological polar surface area (TPSA) is 35.9 Å². The van der Waals surface area contributed by atoms with E-state index in [4.69, 9.17) is 9.72 Å². The molecule has 0 radical (unpaired) electrons.